The molecule has 4 aromatic rings. The molecular weight excluding hydrogens is 646 g/mol. The van der Waals surface area contributed by atoms with Crippen molar-refractivity contribution < 1.29 is 40.7 Å². The Bertz CT molecular complexity index is 1920. The highest BCUT2D eigenvalue weighted by atomic mass is 32.2. The Labute approximate surface area is 277 Å². The number of alkyl carbamates (subject to hydrolysis) is 1. The van der Waals surface area contributed by atoms with Crippen molar-refractivity contribution >= 4 is 27.5 Å². The predicted molar refractivity (Wildman–Crippen MR) is 173 cm³/mol. The van der Waals surface area contributed by atoms with Crippen molar-refractivity contribution in [2.24, 2.45) is 0 Å². The Balaban J connectivity index is 1.54. The van der Waals surface area contributed by atoms with Gasteiger partial charge < -0.3 is 24.1 Å². The minimum Gasteiger partial charge on any atom is -0.457 e. The number of ether oxygens (including phenoxy) is 2. The van der Waals surface area contributed by atoms with Gasteiger partial charge in [-0.25, -0.2) is 22.0 Å². The first-order chi connectivity index (χ1) is 22.3. The van der Waals surface area contributed by atoms with Gasteiger partial charge in [0.25, 0.3) is 5.92 Å². The van der Waals surface area contributed by atoms with Crippen LogP contribution in [0.4, 0.5) is 19.3 Å². The second-order valence-corrected chi connectivity index (χ2v) is 15.6. The molecule has 0 radical (unpaired) electrons. The maximum Gasteiger partial charge on any atom is 0.408 e. The van der Waals surface area contributed by atoms with Gasteiger partial charge >= 0.3 is 6.09 Å². The van der Waals surface area contributed by atoms with Crippen LogP contribution in [-0.2, 0) is 36.6 Å². The summed E-state index contributed by atoms with van der Waals surface area (Å²) in [5, 5.41) is 10.2. The van der Waals surface area contributed by atoms with Crippen LogP contribution in [0.1, 0.15) is 58.1 Å². The van der Waals surface area contributed by atoms with Crippen LogP contribution in [0.2, 0.25) is 0 Å². The third kappa shape index (κ3) is 7.48. The minimum atomic E-state index is -3.66. The van der Waals surface area contributed by atoms with E-state index in [1.165, 1.54) is 26.0 Å². The maximum atomic E-state index is 16.0. The zero-order valence-electron chi connectivity index (χ0n) is 27.3. The zero-order chi connectivity index (χ0) is 35.1. The van der Waals surface area contributed by atoms with E-state index in [1.54, 1.807) is 57.2 Å². The standard InChI is InChI=1S/C34H36F2N4O7S/c1-32(2,3)47-31(42)37-26-19-34(35,36)25-17-14-22(28-38-39-30(46-28)33(4,5)48(6,43)44)18-27(25)40(29(26)41)20-21-12-15-24(16-13-21)45-23-10-8-7-9-11-23/h7-18,26H,19-20H2,1-6H3,(H,37,42)/t26-/m1/s1. The van der Waals surface area contributed by atoms with Crippen LogP contribution in [-0.4, -0.2) is 48.5 Å². The predicted octanol–water partition coefficient (Wildman–Crippen LogP) is 6.73. The zero-order valence-corrected chi connectivity index (χ0v) is 28.1. The summed E-state index contributed by atoms with van der Waals surface area (Å²) < 4.78 is 71.9. The van der Waals surface area contributed by atoms with E-state index in [0.717, 1.165) is 17.2 Å². The van der Waals surface area contributed by atoms with Crippen LogP contribution in [0.3, 0.4) is 0 Å². The van der Waals surface area contributed by atoms with Gasteiger partial charge in [-0.15, -0.1) is 10.2 Å². The lowest BCUT2D eigenvalue weighted by Gasteiger charge is -2.27. The van der Waals surface area contributed by atoms with E-state index in [2.05, 4.69) is 15.5 Å². The molecule has 1 atom stereocenters. The summed E-state index contributed by atoms with van der Waals surface area (Å²) in [5.41, 5.74) is -0.793. The molecule has 3 aromatic carbocycles. The molecule has 2 amide bonds. The molecule has 0 unspecified atom stereocenters. The number of aromatic nitrogens is 2. The number of benzene rings is 3. The van der Waals surface area contributed by atoms with Crippen LogP contribution >= 0.6 is 0 Å². The van der Waals surface area contributed by atoms with Gasteiger partial charge in [-0.1, -0.05) is 36.4 Å². The van der Waals surface area contributed by atoms with Gasteiger partial charge in [0.1, 0.15) is 27.9 Å². The molecule has 0 fully saturated rings. The first kappa shape index (κ1) is 34.5. The Morgan fingerprint density at radius 3 is 2.27 bits per heavy atom. The summed E-state index contributed by atoms with van der Waals surface area (Å²) in [6.07, 6.45) is -1.00. The molecule has 0 saturated heterocycles. The van der Waals surface area contributed by atoms with Crippen molar-refractivity contribution in [2.75, 3.05) is 11.2 Å². The van der Waals surface area contributed by atoms with Crippen LogP contribution in [0, 0.1) is 0 Å². The van der Waals surface area contributed by atoms with E-state index in [4.69, 9.17) is 13.9 Å². The van der Waals surface area contributed by atoms with Gasteiger partial charge in [-0.05, 0) is 76.6 Å². The van der Waals surface area contributed by atoms with Gasteiger partial charge in [0.15, 0.2) is 9.84 Å². The van der Waals surface area contributed by atoms with Crippen molar-refractivity contribution in [3.05, 3.63) is 89.8 Å². The molecular formula is C34H36F2N4O7S. The number of nitrogens with zero attached hydrogens (tertiary/aromatic N) is 3. The van der Waals surface area contributed by atoms with Crippen LogP contribution in [0.15, 0.2) is 77.2 Å². The summed E-state index contributed by atoms with van der Waals surface area (Å²) in [5.74, 6) is -3.54. The third-order valence-corrected chi connectivity index (χ3v) is 9.78. The number of hydrogen-bond donors (Lipinski definition) is 1. The average Bonchev–Trinajstić information content (AvgIpc) is 3.48. The number of alkyl halides is 2. The number of anilines is 1. The quantitative estimate of drug-likeness (QED) is 0.214. The summed E-state index contributed by atoms with van der Waals surface area (Å²) in [4.78, 5) is 27.9. The molecule has 1 aliphatic rings. The molecule has 1 N–H and O–H groups in total. The molecule has 14 heteroatoms. The summed E-state index contributed by atoms with van der Waals surface area (Å²) in [6.45, 7) is 7.51. The smallest absolute Gasteiger partial charge is 0.408 e. The molecule has 0 bridgehead atoms. The lowest BCUT2D eigenvalue weighted by molar-refractivity contribution is -0.123. The fraction of sp³-hybridized carbons (Fsp3) is 0.353. The van der Waals surface area contributed by atoms with Gasteiger partial charge in [-0.3, -0.25) is 4.79 Å². The molecule has 1 aliphatic heterocycles. The molecule has 1 aromatic heterocycles. The highest BCUT2D eigenvalue weighted by Crippen LogP contribution is 2.44. The fourth-order valence-electron chi connectivity index (χ4n) is 4.90. The summed E-state index contributed by atoms with van der Waals surface area (Å²) >= 11 is 0. The fourth-order valence-corrected chi connectivity index (χ4v) is 5.29. The molecule has 2 heterocycles. The molecule has 0 aliphatic carbocycles. The molecule has 48 heavy (non-hydrogen) atoms. The number of fused-ring (bicyclic) bond motifs is 1. The molecule has 0 saturated carbocycles. The summed E-state index contributed by atoms with van der Waals surface area (Å²) in [6, 6.07) is 18.1. The SMILES string of the molecule is CC(C)(C)OC(=O)N[C@@H]1CC(F)(F)c2ccc(-c3nnc(C(C)(C)S(C)(=O)=O)o3)cc2N(Cc2ccc(Oc3ccccc3)cc2)C1=O. The number of hydrogen-bond acceptors (Lipinski definition) is 9. The lowest BCUT2D eigenvalue weighted by atomic mass is 9.99. The topological polar surface area (TPSA) is 141 Å². The monoisotopic (exact) mass is 682 g/mol. The van der Waals surface area contributed by atoms with E-state index in [0.29, 0.717) is 17.1 Å². The number of sulfone groups is 1. The Morgan fingerprint density at radius 2 is 1.65 bits per heavy atom. The van der Waals surface area contributed by atoms with E-state index >= 15 is 8.78 Å². The third-order valence-electron chi connectivity index (χ3n) is 7.76. The minimum absolute atomic E-state index is 0.129. The molecule has 0 spiro atoms. The first-order valence-electron chi connectivity index (χ1n) is 15.0. The molecule has 5 rings (SSSR count). The molecule has 11 nitrogen and oxygen atoms in total. The van der Waals surface area contributed by atoms with Gasteiger partial charge in [0, 0.05) is 23.8 Å². The van der Waals surface area contributed by atoms with E-state index in [-0.39, 0.29) is 29.6 Å². The number of rotatable bonds is 8. The van der Waals surface area contributed by atoms with Crippen molar-refractivity contribution in [1.29, 1.82) is 0 Å². The first-order valence-corrected chi connectivity index (χ1v) is 16.9. The number of carbonyl (C=O) groups excluding carboxylic acids is 2. The van der Waals surface area contributed by atoms with Crippen molar-refractivity contribution in [3.8, 4) is 23.0 Å². The Morgan fingerprint density at radius 1 is 1.00 bits per heavy atom. The molecule has 254 valence electrons. The summed E-state index contributed by atoms with van der Waals surface area (Å²) in [7, 11) is -3.66. The maximum absolute atomic E-state index is 16.0. The van der Waals surface area contributed by atoms with Crippen molar-refractivity contribution in [1.82, 2.24) is 15.5 Å². The average molecular weight is 683 g/mol. The number of amides is 2. The number of para-hydroxylation sites is 1. The largest absolute Gasteiger partial charge is 0.457 e. The van der Waals surface area contributed by atoms with Crippen LogP contribution in [0.25, 0.3) is 11.5 Å². The van der Waals surface area contributed by atoms with Crippen LogP contribution < -0.4 is 15.0 Å². The second kappa shape index (κ2) is 12.6. The normalized spacial score (nSPS) is 16.5. The van der Waals surface area contributed by atoms with Gasteiger partial charge in [0.2, 0.25) is 17.7 Å². The van der Waals surface area contributed by atoms with E-state index in [1.807, 2.05) is 18.2 Å². The Hall–Kier alpha value is -4.85. The van der Waals surface area contributed by atoms with E-state index in [9.17, 15) is 18.0 Å². The number of halogens is 2. The lowest BCUT2D eigenvalue weighted by Crippen LogP contribution is -2.49. The Kier molecular flexibility index (Phi) is 9.08. The highest BCUT2D eigenvalue weighted by Gasteiger charge is 2.46. The van der Waals surface area contributed by atoms with Gasteiger partial charge in [0.05, 0.1) is 12.2 Å². The van der Waals surface area contributed by atoms with E-state index < -0.39 is 56.1 Å². The number of nitrogens with one attached hydrogen (secondary N) is 1. The highest BCUT2D eigenvalue weighted by molar-refractivity contribution is 7.91. The van der Waals surface area contributed by atoms with Crippen molar-refractivity contribution in [3.63, 3.8) is 0 Å². The van der Waals surface area contributed by atoms with Crippen molar-refractivity contribution in [2.45, 2.75) is 69.9 Å². The second-order valence-electron chi connectivity index (χ2n) is 13.0. The van der Waals surface area contributed by atoms with Gasteiger partial charge in [-0.2, -0.15) is 0 Å². The number of carbonyl (C=O) groups is 2. The van der Waals surface area contributed by atoms with Crippen LogP contribution in [0.5, 0.6) is 11.5 Å².